The van der Waals surface area contributed by atoms with Crippen molar-refractivity contribution in [1.82, 2.24) is 9.97 Å². The van der Waals surface area contributed by atoms with Crippen molar-refractivity contribution in [2.75, 3.05) is 4.72 Å². The molecule has 0 atom stereocenters. The van der Waals surface area contributed by atoms with Crippen molar-refractivity contribution < 1.29 is 18.3 Å². The molecule has 0 amide bonds. The molecule has 0 aliphatic carbocycles. The number of anilines is 1. The molecule has 2 rings (SSSR count). The van der Waals surface area contributed by atoms with Crippen molar-refractivity contribution in [2.24, 2.45) is 0 Å². The lowest BCUT2D eigenvalue weighted by Gasteiger charge is -2.08. The van der Waals surface area contributed by atoms with Crippen molar-refractivity contribution in [2.45, 2.75) is 18.2 Å². The molecule has 0 aliphatic heterocycles. The van der Waals surface area contributed by atoms with E-state index in [9.17, 15) is 13.2 Å². The summed E-state index contributed by atoms with van der Waals surface area (Å²) in [6, 6.07) is 4.92. The van der Waals surface area contributed by atoms with E-state index in [1.54, 1.807) is 0 Å². The molecule has 2 aromatic rings. The van der Waals surface area contributed by atoms with Crippen LogP contribution in [0.2, 0.25) is 0 Å². The molecule has 21 heavy (non-hydrogen) atoms. The third kappa shape index (κ3) is 3.54. The van der Waals surface area contributed by atoms with Gasteiger partial charge in [-0.25, -0.2) is 23.2 Å². The van der Waals surface area contributed by atoms with Gasteiger partial charge in [-0.05, 0) is 24.3 Å². The Morgan fingerprint density at radius 1 is 1.19 bits per heavy atom. The van der Waals surface area contributed by atoms with Crippen LogP contribution in [0.3, 0.4) is 0 Å². The van der Waals surface area contributed by atoms with Gasteiger partial charge in [0.25, 0.3) is 10.0 Å². The van der Waals surface area contributed by atoms with Gasteiger partial charge in [-0.15, -0.1) is 0 Å². The van der Waals surface area contributed by atoms with Gasteiger partial charge in [-0.1, -0.05) is 6.92 Å². The number of carboxylic acids is 1. The Morgan fingerprint density at radius 3 is 2.24 bits per heavy atom. The normalized spacial score (nSPS) is 11.1. The number of carboxylic acid groups (broad SMARTS) is 1. The van der Waals surface area contributed by atoms with Gasteiger partial charge in [-0.2, -0.15) is 0 Å². The third-order valence-electron chi connectivity index (χ3n) is 2.69. The summed E-state index contributed by atoms with van der Waals surface area (Å²) >= 11 is 0. The summed E-state index contributed by atoms with van der Waals surface area (Å²) in [7, 11) is -3.80. The Labute approximate surface area is 121 Å². The van der Waals surface area contributed by atoms with Crippen molar-refractivity contribution in [1.29, 1.82) is 0 Å². The van der Waals surface area contributed by atoms with Gasteiger partial charge in [0.2, 0.25) is 0 Å². The summed E-state index contributed by atoms with van der Waals surface area (Å²) in [6.45, 7) is 1.89. The second-order valence-electron chi connectivity index (χ2n) is 4.18. The fourth-order valence-corrected chi connectivity index (χ4v) is 2.61. The number of sulfonamides is 1. The van der Waals surface area contributed by atoms with Crippen molar-refractivity contribution in [3.05, 3.63) is 48.0 Å². The minimum atomic E-state index is -3.80. The van der Waals surface area contributed by atoms with Crippen molar-refractivity contribution in [3.8, 4) is 0 Å². The maximum absolute atomic E-state index is 12.1. The lowest BCUT2D eigenvalue weighted by molar-refractivity contribution is 0.0696. The van der Waals surface area contributed by atoms with Gasteiger partial charge in [0.15, 0.2) is 0 Å². The molecule has 0 radical (unpaired) electrons. The molecule has 7 nitrogen and oxygen atoms in total. The predicted molar refractivity (Wildman–Crippen MR) is 75.6 cm³/mol. The van der Waals surface area contributed by atoms with E-state index in [1.807, 2.05) is 6.92 Å². The highest BCUT2D eigenvalue weighted by atomic mass is 32.2. The van der Waals surface area contributed by atoms with Crippen LogP contribution >= 0.6 is 0 Å². The number of aromatic carboxylic acids is 1. The van der Waals surface area contributed by atoms with E-state index in [4.69, 9.17) is 5.11 Å². The molecule has 1 aromatic heterocycles. The molecule has 1 heterocycles. The number of hydrogen-bond acceptors (Lipinski definition) is 5. The van der Waals surface area contributed by atoms with E-state index < -0.39 is 16.0 Å². The van der Waals surface area contributed by atoms with Crippen LogP contribution < -0.4 is 4.72 Å². The molecule has 2 N–H and O–H groups in total. The molecule has 0 saturated heterocycles. The zero-order chi connectivity index (χ0) is 15.5. The maximum atomic E-state index is 12.1. The number of hydrogen-bond donors (Lipinski definition) is 2. The number of rotatable bonds is 5. The largest absolute Gasteiger partial charge is 0.478 e. The molecule has 0 aliphatic rings. The lowest BCUT2D eigenvalue weighted by Crippen LogP contribution is -2.14. The Hall–Kier alpha value is -2.48. The quantitative estimate of drug-likeness (QED) is 0.867. The topological polar surface area (TPSA) is 109 Å². The molecule has 0 fully saturated rings. The van der Waals surface area contributed by atoms with Gasteiger partial charge in [0.05, 0.1) is 28.5 Å². The van der Waals surface area contributed by atoms with Crippen molar-refractivity contribution >= 4 is 21.7 Å². The Kier molecular flexibility index (Phi) is 4.18. The minimum absolute atomic E-state index is 0.0181. The highest BCUT2D eigenvalue weighted by molar-refractivity contribution is 7.92. The summed E-state index contributed by atoms with van der Waals surface area (Å²) in [5, 5.41) is 8.78. The SMILES string of the molecule is CCc1ncc(NS(=O)(=O)c2ccc(C(=O)O)cc2)cn1. The van der Waals surface area contributed by atoms with Crippen molar-refractivity contribution in [3.63, 3.8) is 0 Å². The maximum Gasteiger partial charge on any atom is 0.335 e. The Balaban J connectivity index is 2.22. The second-order valence-corrected chi connectivity index (χ2v) is 5.86. The first-order chi connectivity index (χ1) is 9.92. The highest BCUT2D eigenvalue weighted by Crippen LogP contribution is 2.15. The Morgan fingerprint density at radius 2 is 1.76 bits per heavy atom. The minimum Gasteiger partial charge on any atom is -0.478 e. The van der Waals surface area contributed by atoms with Gasteiger partial charge < -0.3 is 5.11 Å². The van der Waals surface area contributed by atoms with Gasteiger partial charge in [-0.3, -0.25) is 4.72 Å². The first kappa shape index (κ1) is 14.9. The molecule has 0 unspecified atom stereocenters. The van der Waals surface area contributed by atoms with E-state index in [1.165, 1.54) is 36.7 Å². The molecular weight excluding hydrogens is 294 g/mol. The summed E-state index contributed by atoms with van der Waals surface area (Å²) in [5.41, 5.74) is 0.263. The Bertz CT molecular complexity index is 740. The fraction of sp³-hybridized carbons (Fsp3) is 0.154. The first-order valence-electron chi connectivity index (χ1n) is 6.09. The van der Waals surface area contributed by atoms with E-state index in [2.05, 4.69) is 14.7 Å². The molecule has 0 saturated carbocycles. The van der Waals surface area contributed by atoms with E-state index in [0.717, 1.165) is 0 Å². The average Bonchev–Trinajstić information content (AvgIpc) is 2.48. The molecule has 1 aromatic carbocycles. The fourth-order valence-electron chi connectivity index (χ4n) is 1.58. The number of aryl methyl sites for hydroxylation is 1. The molecule has 0 spiro atoms. The van der Waals surface area contributed by atoms with Gasteiger partial charge in [0, 0.05) is 6.42 Å². The zero-order valence-corrected chi connectivity index (χ0v) is 12.0. The zero-order valence-electron chi connectivity index (χ0n) is 11.1. The number of aromatic nitrogens is 2. The van der Waals surface area contributed by atoms with E-state index in [0.29, 0.717) is 12.2 Å². The van der Waals surface area contributed by atoms with Crippen LogP contribution in [0, 0.1) is 0 Å². The van der Waals surface area contributed by atoms with Crippen LogP contribution in [0.4, 0.5) is 5.69 Å². The number of nitrogens with zero attached hydrogens (tertiary/aromatic N) is 2. The average molecular weight is 307 g/mol. The summed E-state index contributed by atoms with van der Waals surface area (Å²) in [6.07, 6.45) is 3.42. The van der Waals surface area contributed by atoms with Crippen LogP contribution in [-0.4, -0.2) is 29.5 Å². The van der Waals surface area contributed by atoms with Gasteiger partial charge in [0.1, 0.15) is 5.82 Å². The molecule has 110 valence electrons. The summed E-state index contributed by atoms with van der Waals surface area (Å²) in [5.74, 6) is -0.501. The van der Waals surface area contributed by atoms with Crippen LogP contribution in [0.15, 0.2) is 41.6 Å². The monoisotopic (exact) mass is 307 g/mol. The number of benzene rings is 1. The lowest BCUT2D eigenvalue weighted by atomic mass is 10.2. The molecule has 0 bridgehead atoms. The van der Waals surface area contributed by atoms with Crippen LogP contribution in [-0.2, 0) is 16.4 Å². The molecule has 8 heteroatoms. The smallest absolute Gasteiger partial charge is 0.335 e. The van der Waals surface area contributed by atoms with Crippen LogP contribution in [0.1, 0.15) is 23.1 Å². The van der Waals surface area contributed by atoms with E-state index in [-0.39, 0.29) is 16.1 Å². The van der Waals surface area contributed by atoms with Crippen LogP contribution in [0.5, 0.6) is 0 Å². The van der Waals surface area contributed by atoms with Gasteiger partial charge >= 0.3 is 5.97 Å². The molecular formula is C13H13N3O4S. The third-order valence-corrected chi connectivity index (χ3v) is 4.08. The summed E-state index contributed by atoms with van der Waals surface area (Å²) < 4.78 is 26.6. The summed E-state index contributed by atoms with van der Waals surface area (Å²) in [4.78, 5) is 18.7. The second kappa shape index (κ2) is 5.88. The van der Waals surface area contributed by atoms with Crippen LogP contribution in [0.25, 0.3) is 0 Å². The highest BCUT2D eigenvalue weighted by Gasteiger charge is 2.15. The predicted octanol–water partition coefficient (Wildman–Crippen LogP) is 1.54. The van der Waals surface area contributed by atoms with E-state index >= 15 is 0 Å². The standard InChI is InChI=1S/C13H13N3O4S/c1-2-12-14-7-10(8-15-12)16-21(19,20)11-5-3-9(4-6-11)13(17)18/h3-8,16H,2H2,1H3,(H,17,18). The number of nitrogens with one attached hydrogen (secondary N) is 1. The number of carbonyl (C=O) groups is 1. The first-order valence-corrected chi connectivity index (χ1v) is 7.58.